The van der Waals surface area contributed by atoms with Crippen molar-refractivity contribution in [3.8, 4) is 0 Å². The number of thiazole rings is 1. The van der Waals surface area contributed by atoms with E-state index in [1.165, 1.54) is 23.5 Å². The Labute approximate surface area is 171 Å². The number of halogens is 1. The number of rotatable bonds is 6. The van der Waals surface area contributed by atoms with Gasteiger partial charge in [-0.15, -0.1) is 11.8 Å². The topological polar surface area (TPSA) is 42.4 Å². The minimum absolute atomic E-state index is 0.00242. The van der Waals surface area contributed by atoms with Gasteiger partial charge in [-0.25, -0.2) is 9.37 Å². The summed E-state index contributed by atoms with van der Waals surface area (Å²) in [5.41, 5.74) is 1.31. The molecule has 146 valence electrons. The number of aromatic nitrogens is 1. The maximum Gasteiger partial charge on any atom is 0.260 e. The second kappa shape index (κ2) is 8.59. The Morgan fingerprint density at radius 1 is 1.32 bits per heavy atom. The fourth-order valence-electron chi connectivity index (χ4n) is 3.26. The minimum atomic E-state index is -0.302. The maximum absolute atomic E-state index is 13.6. The van der Waals surface area contributed by atoms with Crippen molar-refractivity contribution in [1.29, 1.82) is 0 Å². The standard InChI is InChI=1S/C21H21FN2O2S2/c1-2-27-17-8-5-14(6-9-17)20(25)24(13-16-4-3-11-26-16)21-23-18-10-7-15(22)12-19(18)28-21/h5-10,12,16H,2-4,11,13H2,1H3. The molecule has 0 N–H and O–H groups in total. The second-order valence-corrected chi connectivity index (χ2v) is 8.96. The van der Waals surface area contributed by atoms with Crippen LogP contribution in [0.15, 0.2) is 47.4 Å². The lowest BCUT2D eigenvalue weighted by molar-refractivity contribution is 0.0917. The van der Waals surface area contributed by atoms with Gasteiger partial charge in [0.1, 0.15) is 5.82 Å². The third-order valence-electron chi connectivity index (χ3n) is 4.64. The van der Waals surface area contributed by atoms with E-state index in [2.05, 4.69) is 11.9 Å². The Hall–Kier alpha value is -1.96. The zero-order chi connectivity index (χ0) is 19.5. The van der Waals surface area contributed by atoms with Crippen LogP contribution in [0.5, 0.6) is 0 Å². The van der Waals surface area contributed by atoms with Gasteiger partial charge in [0.2, 0.25) is 0 Å². The number of carbonyl (C=O) groups is 1. The number of amides is 1. The molecule has 1 amide bonds. The summed E-state index contributed by atoms with van der Waals surface area (Å²) in [6.07, 6.45) is 1.93. The average Bonchev–Trinajstić information content (AvgIpc) is 3.35. The lowest BCUT2D eigenvalue weighted by atomic mass is 10.2. The number of thioether (sulfide) groups is 1. The number of hydrogen-bond donors (Lipinski definition) is 0. The first kappa shape index (κ1) is 19.4. The molecule has 4 nitrogen and oxygen atoms in total. The van der Waals surface area contributed by atoms with Crippen LogP contribution in [0.3, 0.4) is 0 Å². The van der Waals surface area contributed by atoms with Crippen LogP contribution in [0, 0.1) is 5.82 Å². The Morgan fingerprint density at radius 3 is 2.86 bits per heavy atom. The van der Waals surface area contributed by atoms with Crippen LogP contribution in [0.2, 0.25) is 0 Å². The fourth-order valence-corrected chi connectivity index (χ4v) is 4.92. The molecule has 1 atom stereocenters. The summed E-state index contributed by atoms with van der Waals surface area (Å²) < 4.78 is 20.1. The van der Waals surface area contributed by atoms with E-state index in [1.54, 1.807) is 22.7 Å². The van der Waals surface area contributed by atoms with Crippen molar-refractivity contribution in [2.75, 3.05) is 23.8 Å². The SMILES string of the molecule is CCSc1ccc(C(=O)N(CC2CCCO2)c2nc3ccc(F)cc3s2)cc1. The van der Waals surface area contributed by atoms with Gasteiger partial charge in [0, 0.05) is 17.1 Å². The summed E-state index contributed by atoms with van der Waals surface area (Å²) in [6.45, 7) is 3.27. The smallest absolute Gasteiger partial charge is 0.260 e. The Balaban J connectivity index is 1.66. The van der Waals surface area contributed by atoms with E-state index in [4.69, 9.17) is 4.74 Å². The zero-order valence-corrected chi connectivity index (χ0v) is 17.2. The number of fused-ring (bicyclic) bond motifs is 1. The number of hydrogen-bond acceptors (Lipinski definition) is 5. The van der Waals surface area contributed by atoms with Crippen LogP contribution in [-0.4, -0.2) is 35.9 Å². The van der Waals surface area contributed by atoms with Crippen molar-refractivity contribution >= 4 is 44.4 Å². The number of anilines is 1. The van der Waals surface area contributed by atoms with Crippen molar-refractivity contribution in [3.63, 3.8) is 0 Å². The lowest BCUT2D eigenvalue weighted by Gasteiger charge is -2.23. The fraction of sp³-hybridized carbons (Fsp3) is 0.333. The molecule has 3 aromatic rings. The molecular formula is C21H21FN2O2S2. The van der Waals surface area contributed by atoms with Crippen LogP contribution in [0.4, 0.5) is 9.52 Å². The molecule has 0 aliphatic carbocycles. The molecule has 2 heterocycles. The van der Waals surface area contributed by atoms with Crippen molar-refractivity contribution in [2.45, 2.75) is 30.8 Å². The van der Waals surface area contributed by atoms with E-state index in [1.807, 2.05) is 24.3 Å². The van der Waals surface area contributed by atoms with Crippen LogP contribution >= 0.6 is 23.1 Å². The summed E-state index contributed by atoms with van der Waals surface area (Å²) >= 11 is 3.07. The van der Waals surface area contributed by atoms with Gasteiger partial charge in [0.25, 0.3) is 5.91 Å². The predicted octanol–water partition coefficient (Wildman–Crippen LogP) is 5.37. The molecule has 1 aliphatic rings. The van der Waals surface area contributed by atoms with Gasteiger partial charge in [-0.05, 0) is 61.1 Å². The van der Waals surface area contributed by atoms with Gasteiger partial charge in [-0.3, -0.25) is 9.69 Å². The van der Waals surface area contributed by atoms with E-state index < -0.39 is 0 Å². The quantitative estimate of drug-likeness (QED) is 0.507. The Kier molecular flexibility index (Phi) is 5.94. The molecular weight excluding hydrogens is 395 g/mol. The van der Waals surface area contributed by atoms with Crippen molar-refractivity contribution in [1.82, 2.24) is 4.98 Å². The number of nitrogens with zero attached hydrogens (tertiary/aromatic N) is 2. The molecule has 1 aliphatic heterocycles. The van der Waals surface area contributed by atoms with Gasteiger partial charge in [0.05, 0.1) is 22.9 Å². The summed E-state index contributed by atoms with van der Waals surface area (Å²) in [6, 6.07) is 12.2. The van der Waals surface area contributed by atoms with E-state index in [9.17, 15) is 9.18 Å². The largest absolute Gasteiger partial charge is 0.376 e. The zero-order valence-electron chi connectivity index (χ0n) is 15.6. The minimum Gasteiger partial charge on any atom is -0.376 e. The summed E-state index contributed by atoms with van der Waals surface area (Å²) in [5.74, 6) is 0.576. The van der Waals surface area contributed by atoms with E-state index in [0.717, 1.165) is 34.8 Å². The second-order valence-electron chi connectivity index (χ2n) is 6.62. The highest BCUT2D eigenvalue weighted by Crippen LogP contribution is 2.31. The average molecular weight is 417 g/mol. The van der Waals surface area contributed by atoms with E-state index in [0.29, 0.717) is 22.8 Å². The highest BCUT2D eigenvalue weighted by Gasteiger charge is 2.27. The van der Waals surface area contributed by atoms with Crippen LogP contribution in [0.1, 0.15) is 30.1 Å². The van der Waals surface area contributed by atoms with Crippen LogP contribution in [0.25, 0.3) is 10.2 Å². The van der Waals surface area contributed by atoms with Crippen LogP contribution in [-0.2, 0) is 4.74 Å². The highest BCUT2D eigenvalue weighted by molar-refractivity contribution is 7.99. The van der Waals surface area contributed by atoms with Crippen molar-refractivity contribution < 1.29 is 13.9 Å². The third-order valence-corrected chi connectivity index (χ3v) is 6.57. The first-order valence-electron chi connectivity index (χ1n) is 9.36. The number of benzene rings is 2. The van der Waals surface area contributed by atoms with Crippen LogP contribution < -0.4 is 4.90 Å². The number of ether oxygens (including phenoxy) is 1. The molecule has 4 rings (SSSR count). The summed E-state index contributed by atoms with van der Waals surface area (Å²) in [5, 5.41) is 0.577. The van der Waals surface area contributed by atoms with E-state index in [-0.39, 0.29) is 17.8 Å². The molecule has 1 fully saturated rings. The van der Waals surface area contributed by atoms with E-state index >= 15 is 0 Å². The maximum atomic E-state index is 13.6. The lowest BCUT2D eigenvalue weighted by Crippen LogP contribution is -2.37. The predicted molar refractivity (Wildman–Crippen MR) is 113 cm³/mol. The molecule has 1 saturated heterocycles. The van der Waals surface area contributed by atoms with Gasteiger partial charge in [0.15, 0.2) is 5.13 Å². The first-order valence-corrected chi connectivity index (χ1v) is 11.2. The highest BCUT2D eigenvalue weighted by atomic mass is 32.2. The van der Waals surface area contributed by atoms with Gasteiger partial charge < -0.3 is 4.74 Å². The number of carbonyl (C=O) groups excluding carboxylic acids is 1. The monoisotopic (exact) mass is 416 g/mol. The molecule has 2 aromatic carbocycles. The molecule has 1 aromatic heterocycles. The normalized spacial score (nSPS) is 16.6. The molecule has 0 spiro atoms. The van der Waals surface area contributed by atoms with Crippen molar-refractivity contribution in [3.05, 3.63) is 53.8 Å². The molecule has 7 heteroatoms. The molecule has 0 radical (unpaired) electrons. The van der Waals surface area contributed by atoms with Gasteiger partial charge in [-0.2, -0.15) is 0 Å². The molecule has 0 bridgehead atoms. The molecule has 28 heavy (non-hydrogen) atoms. The Bertz CT molecular complexity index is 968. The third kappa shape index (κ3) is 4.21. The van der Waals surface area contributed by atoms with Gasteiger partial charge >= 0.3 is 0 Å². The molecule has 0 saturated carbocycles. The summed E-state index contributed by atoms with van der Waals surface area (Å²) in [7, 11) is 0. The Morgan fingerprint density at radius 2 is 2.14 bits per heavy atom. The van der Waals surface area contributed by atoms with Crippen molar-refractivity contribution in [2.24, 2.45) is 0 Å². The summed E-state index contributed by atoms with van der Waals surface area (Å²) in [4.78, 5) is 20.7. The first-order chi connectivity index (χ1) is 13.6. The van der Waals surface area contributed by atoms with Gasteiger partial charge in [-0.1, -0.05) is 18.3 Å². The molecule has 1 unspecified atom stereocenters.